The molecule has 0 bridgehead atoms. The number of aryl methyl sites for hydroxylation is 1. The van der Waals surface area contributed by atoms with Crippen LogP contribution in [0.4, 0.5) is 15.9 Å². The molecule has 0 aromatic carbocycles. The summed E-state index contributed by atoms with van der Waals surface area (Å²) in [7, 11) is 0. The number of anilines is 2. The third-order valence-corrected chi connectivity index (χ3v) is 6.78. The quantitative estimate of drug-likeness (QED) is 0.569. The van der Waals surface area contributed by atoms with Gasteiger partial charge >= 0.3 is 0 Å². The van der Waals surface area contributed by atoms with Crippen LogP contribution in [0.25, 0.3) is 10.2 Å². The summed E-state index contributed by atoms with van der Waals surface area (Å²) in [6.07, 6.45) is 2.45. The third kappa shape index (κ3) is 3.77. The number of carbonyl (C=O) groups excluding carboxylic acids is 1. The summed E-state index contributed by atoms with van der Waals surface area (Å²) in [5.74, 6) is 0.983. The second kappa shape index (κ2) is 7.93. The summed E-state index contributed by atoms with van der Waals surface area (Å²) < 4.78 is 19.8. The van der Waals surface area contributed by atoms with Crippen LogP contribution in [0.15, 0.2) is 18.3 Å². The van der Waals surface area contributed by atoms with E-state index < -0.39 is 5.82 Å². The van der Waals surface area contributed by atoms with Gasteiger partial charge in [0.1, 0.15) is 33.7 Å². The van der Waals surface area contributed by atoms with E-state index in [1.54, 1.807) is 6.92 Å². The molecule has 5 rings (SSSR count). The number of nitrogens with zero attached hydrogens (tertiary/aromatic N) is 3. The average molecular weight is 443 g/mol. The summed E-state index contributed by atoms with van der Waals surface area (Å²) in [5.41, 5.74) is 7.61. The standard InChI is InChI=1S/C21H23FN6O2S/c1-11-15(22)7-14-18(23)19(31-21(14)26-11)20(29)27-13-6-12-9-25-17(8-16(12)30-10-13)28-4-2-24-3-5-28/h7-9,13,24H,2-6,10,23H2,1H3,(H,27,29)/t13-/m1/s1. The van der Waals surface area contributed by atoms with E-state index in [4.69, 9.17) is 10.5 Å². The number of aromatic nitrogens is 2. The number of fused-ring (bicyclic) bond motifs is 2. The number of hydrogen-bond donors (Lipinski definition) is 3. The van der Waals surface area contributed by atoms with Crippen LogP contribution in [0.3, 0.4) is 0 Å². The molecule has 8 nitrogen and oxygen atoms in total. The number of pyridine rings is 2. The summed E-state index contributed by atoms with van der Waals surface area (Å²) in [6.45, 7) is 5.66. The minimum absolute atomic E-state index is 0.206. The number of halogens is 1. The highest BCUT2D eigenvalue weighted by molar-refractivity contribution is 7.21. The van der Waals surface area contributed by atoms with E-state index in [0.29, 0.717) is 28.1 Å². The Labute approximate surface area is 182 Å². The molecule has 0 saturated carbocycles. The van der Waals surface area contributed by atoms with Gasteiger partial charge in [0.2, 0.25) is 0 Å². The Morgan fingerprint density at radius 1 is 1.39 bits per heavy atom. The average Bonchev–Trinajstić information content (AvgIpc) is 3.10. The normalized spacial score (nSPS) is 18.5. The van der Waals surface area contributed by atoms with Gasteiger partial charge in [0, 0.05) is 55.8 Å². The zero-order chi connectivity index (χ0) is 21.5. The van der Waals surface area contributed by atoms with E-state index in [1.165, 1.54) is 17.4 Å². The van der Waals surface area contributed by atoms with Crippen molar-refractivity contribution in [1.82, 2.24) is 20.6 Å². The van der Waals surface area contributed by atoms with Crippen LogP contribution in [-0.2, 0) is 6.42 Å². The molecule has 1 amide bonds. The first-order valence-electron chi connectivity index (χ1n) is 10.2. The fourth-order valence-corrected chi connectivity index (χ4v) is 4.97. The van der Waals surface area contributed by atoms with Crippen LogP contribution in [0.2, 0.25) is 0 Å². The lowest BCUT2D eigenvalue weighted by atomic mass is 10.0. The number of hydrogen-bond acceptors (Lipinski definition) is 8. The first kappa shape index (κ1) is 20.0. The van der Waals surface area contributed by atoms with Gasteiger partial charge in [0.05, 0.1) is 17.4 Å². The SMILES string of the molecule is Cc1nc2sc(C(=O)N[C@H]3COc4cc(N5CCNCC5)ncc4C3)c(N)c2cc1F. The van der Waals surface area contributed by atoms with Crippen molar-refractivity contribution < 1.29 is 13.9 Å². The van der Waals surface area contributed by atoms with E-state index in [0.717, 1.165) is 43.3 Å². The Morgan fingerprint density at radius 2 is 2.19 bits per heavy atom. The Bertz CT molecular complexity index is 1160. The predicted octanol–water partition coefficient (Wildman–Crippen LogP) is 1.86. The van der Waals surface area contributed by atoms with Crippen molar-refractivity contribution in [2.45, 2.75) is 19.4 Å². The smallest absolute Gasteiger partial charge is 0.263 e. The maximum atomic E-state index is 13.9. The number of nitrogens with one attached hydrogen (secondary N) is 2. The summed E-state index contributed by atoms with van der Waals surface area (Å²) in [5, 5.41) is 6.78. The highest BCUT2D eigenvalue weighted by atomic mass is 32.1. The monoisotopic (exact) mass is 442 g/mol. The summed E-state index contributed by atoms with van der Waals surface area (Å²) in [6, 6.07) is 3.11. The van der Waals surface area contributed by atoms with Gasteiger partial charge in [-0.15, -0.1) is 11.3 Å². The minimum Gasteiger partial charge on any atom is -0.491 e. The fraction of sp³-hybridized carbons (Fsp3) is 0.381. The molecular weight excluding hydrogens is 419 g/mol. The summed E-state index contributed by atoms with van der Waals surface area (Å²) >= 11 is 1.17. The van der Waals surface area contributed by atoms with Crippen molar-refractivity contribution in [3.8, 4) is 5.75 Å². The molecule has 0 radical (unpaired) electrons. The molecule has 1 atom stereocenters. The van der Waals surface area contributed by atoms with Crippen molar-refractivity contribution in [2.75, 3.05) is 43.4 Å². The Morgan fingerprint density at radius 3 is 3.00 bits per heavy atom. The number of rotatable bonds is 3. The van der Waals surface area contributed by atoms with E-state index in [2.05, 4.69) is 25.5 Å². The number of amides is 1. The Hall–Kier alpha value is -2.98. The van der Waals surface area contributed by atoms with Crippen LogP contribution < -0.4 is 26.0 Å². The third-order valence-electron chi connectivity index (χ3n) is 5.67. The lowest BCUT2D eigenvalue weighted by Gasteiger charge is -2.30. The zero-order valence-electron chi connectivity index (χ0n) is 17.1. The lowest BCUT2D eigenvalue weighted by Crippen LogP contribution is -2.44. The molecule has 3 aromatic heterocycles. The number of carbonyl (C=O) groups is 1. The molecule has 5 heterocycles. The van der Waals surface area contributed by atoms with E-state index in [9.17, 15) is 9.18 Å². The van der Waals surface area contributed by atoms with Crippen LogP contribution in [0.1, 0.15) is 20.9 Å². The van der Waals surface area contributed by atoms with Gasteiger partial charge in [0.15, 0.2) is 0 Å². The molecule has 0 spiro atoms. The molecule has 31 heavy (non-hydrogen) atoms. The molecule has 0 aliphatic carbocycles. The van der Waals surface area contributed by atoms with E-state index in [1.807, 2.05) is 12.3 Å². The van der Waals surface area contributed by atoms with Gasteiger partial charge in [-0.25, -0.2) is 14.4 Å². The molecular formula is C21H23FN6O2S. The van der Waals surface area contributed by atoms with Gasteiger partial charge in [0.25, 0.3) is 5.91 Å². The molecule has 10 heteroatoms. The van der Waals surface area contributed by atoms with Crippen LogP contribution in [0.5, 0.6) is 5.75 Å². The number of piperazine rings is 1. The van der Waals surface area contributed by atoms with E-state index >= 15 is 0 Å². The molecule has 162 valence electrons. The molecule has 3 aromatic rings. The van der Waals surface area contributed by atoms with Crippen LogP contribution >= 0.6 is 11.3 Å². The molecule has 2 aliphatic heterocycles. The van der Waals surface area contributed by atoms with Crippen molar-refractivity contribution in [2.24, 2.45) is 0 Å². The first-order valence-corrected chi connectivity index (χ1v) is 11.0. The largest absolute Gasteiger partial charge is 0.491 e. The molecule has 4 N–H and O–H groups in total. The van der Waals surface area contributed by atoms with Gasteiger partial charge in [-0.05, 0) is 13.0 Å². The van der Waals surface area contributed by atoms with Crippen molar-refractivity contribution in [1.29, 1.82) is 0 Å². The maximum absolute atomic E-state index is 13.9. The van der Waals surface area contributed by atoms with Crippen LogP contribution in [0, 0.1) is 12.7 Å². The van der Waals surface area contributed by atoms with Crippen molar-refractivity contribution >= 4 is 39.0 Å². The number of nitrogen functional groups attached to an aromatic ring is 1. The highest BCUT2D eigenvalue weighted by Gasteiger charge is 2.26. The number of thiophene rings is 1. The summed E-state index contributed by atoms with van der Waals surface area (Å²) in [4.78, 5) is 24.8. The van der Waals surface area contributed by atoms with E-state index in [-0.39, 0.29) is 23.3 Å². The minimum atomic E-state index is -0.436. The molecule has 0 unspecified atom stereocenters. The highest BCUT2D eigenvalue weighted by Crippen LogP contribution is 2.34. The maximum Gasteiger partial charge on any atom is 0.263 e. The van der Waals surface area contributed by atoms with Gasteiger partial charge < -0.3 is 26.0 Å². The number of nitrogens with two attached hydrogens (primary N) is 1. The second-order valence-electron chi connectivity index (χ2n) is 7.83. The molecule has 1 fully saturated rings. The predicted molar refractivity (Wildman–Crippen MR) is 119 cm³/mol. The molecule has 1 saturated heterocycles. The van der Waals surface area contributed by atoms with Crippen LogP contribution in [-0.4, -0.2) is 54.7 Å². The number of ether oxygens (including phenoxy) is 1. The Balaban J connectivity index is 1.30. The fourth-order valence-electron chi connectivity index (χ4n) is 3.94. The van der Waals surface area contributed by atoms with Gasteiger partial charge in [-0.3, -0.25) is 4.79 Å². The van der Waals surface area contributed by atoms with Gasteiger partial charge in [-0.1, -0.05) is 0 Å². The Kier molecular flexibility index (Phi) is 5.11. The second-order valence-corrected chi connectivity index (χ2v) is 8.83. The van der Waals surface area contributed by atoms with Crippen molar-refractivity contribution in [3.05, 3.63) is 40.3 Å². The van der Waals surface area contributed by atoms with Crippen molar-refractivity contribution in [3.63, 3.8) is 0 Å². The molecule has 2 aliphatic rings. The zero-order valence-corrected chi connectivity index (χ0v) is 17.9. The first-order chi connectivity index (χ1) is 15.0. The van der Waals surface area contributed by atoms with Gasteiger partial charge in [-0.2, -0.15) is 0 Å². The topological polar surface area (TPSA) is 105 Å². The lowest BCUT2D eigenvalue weighted by molar-refractivity contribution is 0.0920.